The third kappa shape index (κ3) is 4.12. The molecule has 0 unspecified atom stereocenters. The van der Waals surface area contributed by atoms with E-state index in [1.165, 1.54) is 0 Å². The van der Waals surface area contributed by atoms with Crippen LogP contribution in [0.3, 0.4) is 0 Å². The molecule has 0 amide bonds. The summed E-state index contributed by atoms with van der Waals surface area (Å²) in [4.78, 5) is 13.1. The van der Waals surface area contributed by atoms with Crippen molar-refractivity contribution in [1.29, 1.82) is 0 Å². The minimum absolute atomic E-state index is 0.112. The van der Waals surface area contributed by atoms with Crippen LogP contribution < -0.4 is 0 Å². The van der Waals surface area contributed by atoms with Crippen LogP contribution in [0, 0.1) is 5.41 Å². The molecule has 0 bridgehead atoms. The molecule has 2 rings (SSSR count). The topological polar surface area (TPSA) is 37.3 Å². The van der Waals surface area contributed by atoms with Gasteiger partial charge in [-0.25, -0.2) is 0 Å². The summed E-state index contributed by atoms with van der Waals surface area (Å²) in [7, 11) is 0. The summed E-state index contributed by atoms with van der Waals surface area (Å²) in [5.74, 6) is 0.384. The normalized spacial score (nSPS) is 18.7. The van der Waals surface area contributed by atoms with Crippen LogP contribution in [0.4, 0.5) is 0 Å². The Kier molecular flexibility index (Phi) is 5.72. The zero-order chi connectivity index (χ0) is 18.8. The number of aromatic hydroxyl groups is 1. The highest BCUT2D eigenvalue weighted by molar-refractivity contribution is 6.12. The molecule has 0 aliphatic heterocycles. The Bertz CT molecular complexity index is 760. The van der Waals surface area contributed by atoms with E-state index in [9.17, 15) is 9.90 Å². The molecule has 0 radical (unpaired) electrons. The number of allylic oxidation sites excluding steroid dienone is 5. The molecule has 0 spiro atoms. The van der Waals surface area contributed by atoms with Crippen molar-refractivity contribution >= 4 is 11.4 Å². The van der Waals surface area contributed by atoms with E-state index in [-0.39, 0.29) is 16.9 Å². The maximum atomic E-state index is 13.1. The standard InChI is InChI=1S/C23H30O2/c1-7-17(15(2)3)22(18-10-8-9-11-19(18)24)21-16(4)14-23(5,6)13-12-20(21)25/h8-11,24H,2,7,12-14H2,1,3-6H3/b22-17-. The van der Waals surface area contributed by atoms with Gasteiger partial charge in [0.2, 0.25) is 0 Å². The fourth-order valence-electron chi connectivity index (χ4n) is 3.89. The quantitative estimate of drug-likeness (QED) is 0.661. The average Bonchev–Trinajstić information content (AvgIpc) is 2.61. The molecule has 1 aromatic rings. The van der Waals surface area contributed by atoms with Crippen molar-refractivity contribution in [3.63, 3.8) is 0 Å². The van der Waals surface area contributed by atoms with E-state index in [1.807, 2.05) is 25.1 Å². The average molecular weight is 338 g/mol. The number of hydrogen-bond acceptors (Lipinski definition) is 2. The van der Waals surface area contributed by atoms with Crippen LogP contribution in [-0.4, -0.2) is 10.9 Å². The van der Waals surface area contributed by atoms with Crippen molar-refractivity contribution in [1.82, 2.24) is 0 Å². The summed E-state index contributed by atoms with van der Waals surface area (Å²) in [6.45, 7) is 14.7. The molecule has 1 aromatic carbocycles. The van der Waals surface area contributed by atoms with E-state index in [1.54, 1.807) is 6.07 Å². The van der Waals surface area contributed by atoms with Crippen LogP contribution in [0.15, 0.2) is 53.1 Å². The van der Waals surface area contributed by atoms with Gasteiger partial charge in [0.05, 0.1) is 0 Å². The summed E-state index contributed by atoms with van der Waals surface area (Å²) in [5, 5.41) is 10.5. The Labute approximate surface area is 152 Å². The van der Waals surface area contributed by atoms with Crippen molar-refractivity contribution < 1.29 is 9.90 Å². The van der Waals surface area contributed by atoms with E-state index < -0.39 is 0 Å². The van der Waals surface area contributed by atoms with Crippen molar-refractivity contribution in [3.8, 4) is 5.75 Å². The number of carbonyl (C=O) groups is 1. The largest absolute Gasteiger partial charge is 0.507 e. The molecular formula is C23H30O2. The first kappa shape index (κ1) is 19.2. The number of ketones is 1. The highest BCUT2D eigenvalue weighted by atomic mass is 16.3. The maximum absolute atomic E-state index is 13.1. The minimum Gasteiger partial charge on any atom is -0.507 e. The minimum atomic E-state index is 0.112. The third-order valence-corrected chi connectivity index (χ3v) is 5.07. The molecule has 1 aliphatic carbocycles. The molecule has 134 valence electrons. The smallest absolute Gasteiger partial charge is 0.163 e. The van der Waals surface area contributed by atoms with Crippen LogP contribution >= 0.6 is 0 Å². The third-order valence-electron chi connectivity index (χ3n) is 5.07. The Hall–Kier alpha value is -2.09. The molecule has 1 aliphatic rings. The maximum Gasteiger partial charge on any atom is 0.163 e. The molecule has 2 nitrogen and oxygen atoms in total. The van der Waals surface area contributed by atoms with E-state index in [0.717, 1.165) is 52.7 Å². The molecule has 25 heavy (non-hydrogen) atoms. The van der Waals surface area contributed by atoms with E-state index >= 15 is 0 Å². The van der Waals surface area contributed by atoms with Gasteiger partial charge in [-0.3, -0.25) is 4.79 Å². The fraction of sp³-hybridized carbons (Fsp3) is 0.435. The number of phenols is 1. The van der Waals surface area contributed by atoms with Crippen molar-refractivity contribution in [2.45, 2.75) is 60.3 Å². The molecule has 0 saturated carbocycles. The lowest BCUT2D eigenvalue weighted by molar-refractivity contribution is -0.115. The zero-order valence-electron chi connectivity index (χ0n) is 16.2. The number of Topliss-reactive ketones (excluding diaryl/α,β-unsaturated/α-hetero) is 1. The van der Waals surface area contributed by atoms with Gasteiger partial charge in [0.25, 0.3) is 0 Å². The number of carbonyl (C=O) groups excluding carboxylic acids is 1. The number of rotatable bonds is 4. The summed E-state index contributed by atoms with van der Waals surface area (Å²) in [5.41, 5.74) is 5.59. The zero-order valence-corrected chi connectivity index (χ0v) is 16.2. The molecule has 0 atom stereocenters. The predicted octanol–water partition coefficient (Wildman–Crippen LogP) is 6.23. The van der Waals surface area contributed by atoms with E-state index in [0.29, 0.717) is 6.42 Å². The molecule has 0 aromatic heterocycles. The monoisotopic (exact) mass is 338 g/mol. The Morgan fingerprint density at radius 3 is 2.48 bits per heavy atom. The molecule has 0 fully saturated rings. The van der Waals surface area contributed by atoms with Gasteiger partial charge in [-0.2, -0.15) is 0 Å². The second kappa shape index (κ2) is 7.43. The Morgan fingerprint density at radius 2 is 1.92 bits per heavy atom. The second-order valence-electron chi connectivity index (χ2n) is 7.92. The van der Waals surface area contributed by atoms with E-state index in [2.05, 4.69) is 34.3 Å². The first-order valence-electron chi connectivity index (χ1n) is 9.08. The highest BCUT2D eigenvalue weighted by Gasteiger charge is 2.31. The number of phenolic OH excluding ortho intramolecular Hbond substituents is 1. The van der Waals surface area contributed by atoms with Gasteiger partial charge in [-0.05, 0) is 55.7 Å². The lowest BCUT2D eigenvalue weighted by Crippen LogP contribution is -2.10. The molecule has 0 heterocycles. The van der Waals surface area contributed by atoms with Crippen molar-refractivity contribution in [2.75, 3.05) is 0 Å². The van der Waals surface area contributed by atoms with Gasteiger partial charge in [0, 0.05) is 17.6 Å². The van der Waals surface area contributed by atoms with Crippen LogP contribution in [0.2, 0.25) is 0 Å². The lowest BCUT2D eigenvalue weighted by Gasteiger charge is -2.23. The molecule has 1 N–H and O–H groups in total. The van der Waals surface area contributed by atoms with Gasteiger partial charge in [0.1, 0.15) is 5.75 Å². The first-order valence-corrected chi connectivity index (χ1v) is 9.08. The molecule has 2 heteroatoms. The summed E-state index contributed by atoms with van der Waals surface area (Å²) < 4.78 is 0. The van der Waals surface area contributed by atoms with Gasteiger partial charge >= 0.3 is 0 Å². The molecular weight excluding hydrogens is 308 g/mol. The summed E-state index contributed by atoms with van der Waals surface area (Å²) in [6.07, 6.45) is 3.09. The van der Waals surface area contributed by atoms with Gasteiger partial charge in [0.15, 0.2) is 5.78 Å². The van der Waals surface area contributed by atoms with Crippen LogP contribution in [0.5, 0.6) is 5.75 Å². The van der Waals surface area contributed by atoms with Gasteiger partial charge in [-0.15, -0.1) is 0 Å². The first-order chi connectivity index (χ1) is 11.7. The SMILES string of the molecule is C=C(C)/C(CC)=C(\C1=C(C)CC(C)(C)CCC1=O)c1ccccc1O. The molecule has 0 saturated heterocycles. The van der Waals surface area contributed by atoms with E-state index in [4.69, 9.17) is 0 Å². The number of para-hydroxylation sites is 1. The summed E-state index contributed by atoms with van der Waals surface area (Å²) in [6, 6.07) is 7.29. The number of hydrogen-bond donors (Lipinski definition) is 1. The van der Waals surface area contributed by atoms with Crippen LogP contribution in [0.1, 0.15) is 65.9 Å². The van der Waals surface area contributed by atoms with Gasteiger partial charge < -0.3 is 5.11 Å². The van der Waals surface area contributed by atoms with Crippen LogP contribution in [0.25, 0.3) is 5.57 Å². The highest BCUT2D eigenvalue weighted by Crippen LogP contribution is 2.43. The Balaban J connectivity index is 2.82. The number of benzene rings is 1. The second-order valence-corrected chi connectivity index (χ2v) is 7.92. The Morgan fingerprint density at radius 1 is 1.28 bits per heavy atom. The fourth-order valence-corrected chi connectivity index (χ4v) is 3.89. The predicted molar refractivity (Wildman–Crippen MR) is 105 cm³/mol. The van der Waals surface area contributed by atoms with Crippen molar-refractivity contribution in [3.05, 3.63) is 58.7 Å². The van der Waals surface area contributed by atoms with Gasteiger partial charge in [-0.1, -0.05) is 56.7 Å². The van der Waals surface area contributed by atoms with Crippen molar-refractivity contribution in [2.24, 2.45) is 5.41 Å². The summed E-state index contributed by atoms with van der Waals surface area (Å²) >= 11 is 0. The van der Waals surface area contributed by atoms with Crippen LogP contribution in [-0.2, 0) is 4.79 Å². The lowest BCUT2D eigenvalue weighted by atomic mass is 9.82.